The van der Waals surface area contributed by atoms with Crippen molar-refractivity contribution in [3.05, 3.63) is 101 Å². The molecular formula is C23H16N2O4. The van der Waals surface area contributed by atoms with E-state index in [1.54, 1.807) is 54.6 Å². The Labute approximate surface area is 167 Å². The van der Waals surface area contributed by atoms with E-state index in [9.17, 15) is 14.4 Å². The summed E-state index contributed by atoms with van der Waals surface area (Å²) in [5.74, 6) is -1.35. The molecule has 0 radical (unpaired) electrons. The van der Waals surface area contributed by atoms with Crippen molar-refractivity contribution in [3.63, 3.8) is 0 Å². The lowest BCUT2D eigenvalue weighted by Gasteiger charge is -2.07. The molecular weight excluding hydrogens is 368 g/mol. The SMILES string of the molecule is N#Cc1cccc(NC(=O)COC(=O)c2ccc(C(=O)c3ccccc3)cc2)c1. The maximum Gasteiger partial charge on any atom is 0.338 e. The van der Waals surface area contributed by atoms with E-state index in [2.05, 4.69) is 5.32 Å². The lowest BCUT2D eigenvalue weighted by Crippen LogP contribution is -2.21. The number of nitrogens with zero attached hydrogens (tertiary/aromatic N) is 1. The molecule has 142 valence electrons. The summed E-state index contributed by atoms with van der Waals surface area (Å²) in [6.07, 6.45) is 0. The number of rotatable bonds is 6. The van der Waals surface area contributed by atoms with Crippen LogP contribution in [0.1, 0.15) is 31.8 Å². The van der Waals surface area contributed by atoms with Gasteiger partial charge in [-0.05, 0) is 30.3 Å². The molecule has 0 spiro atoms. The minimum Gasteiger partial charge on any atom is -0.452 e. The number of carbonyl (C=O) groups is 3. The molecule has 0 heterocycles. The number of nitriles is 1. The van der Waals surface area contributed by atoms with Gasteiger partial charge in [-0.15, -0.1) is 0 Å². The first-order valence-corrected chi connectivity index (χ1v) is 8.74. The molecule has 0 saturated carbocycles. The van der Waals surface area contributed by atoms with Crippen molar-refractivity contribution in [2.45, 2.75) is 0 Å². The van der Waals surface area contributed by atoms with Crippen LogP contribution in [-0.4, -0.2) is 24.3 Å². The second-order valence-electron chi connectivity index (χ2n) is 6.09. The molecule has 3 aromatic carbocycles. The van der Waals surface area contributed by atoms with Gasteiger partial charge in [-0.25, -0.2) is 4.79 Å². The van der Waals surface area contributed by atoms with Crippen LogP contribution >= 0.6 is 0 Å². The zero-order valence-corrected chi connectivity index (χ0v) is 15.3. The number of nitrogens with one attached hydrogen (secondary N) is 1. The number of esters is 1. The first kappa shape index (κ1) is 19.5. The third-order valence-corrected chi connectivity index (χ3v) is 4.03. The summed E-state index contributed by atoms with van der Waals surface area (Å²) in [7, 11) is 0. The average Bonchev–Trinajstić information content (AvgIpc) is 2.77. The fourth-order valence-electron chi connectivity index (χ4n) is 2.59. The number of ether oxygens (including phenoxy) is 1. The quantitative estimate of drug-likeness (QED) is 0.518. The van der Waals surface area contributed by atoms with Crippen LogP contribution in [0.5, 0.6) is 0 Å². The van der Waals surface area contributed by atoms with Crippen LogP contribution in [0.25, 0.3) is 0 Å². The van der Waals surface area contributed by atoms with Gasteiger partial charge in [0.1, 0.15) is 0 Å². The predicted molar refractivity (Wildman–Crippen MR) is 106 cm³/mol. The van der Waals surface area contributed by atoms with E-state index in [1.807, 2.05) is 12.1 Å². The Morgan fingerprint density at radius 3 is 2.17 bits per heavy atom. The van der Waals surface area contributed by atoms with E-state index in [-0.39, 0.29) is 11.3 Å². The maximum atomic E-state index is 12.4. The molecule has 3 rings (SSSR count). The summed E-state index contributed by atoms with van der Waals surface area (Å²) in [4.78, 5) is 36.4. The highest BCUT2D eigenvalue weighted by molar-refractivity contribution is 6.09. The first-order valence-electron chi connectivity index (χ1n) is 8.74. The Kier molecular flexibility index (Phi) is 6.13. The van der Waals surface area contributed by atoms with Gasteiger partial charge in [0, 0.05) is 16.8 Å². The monoisotopic (exact) mass is 384 g/mol. The third kappa shape index (κ3) is 5.15. The standard InChI is InChI=1S/C23H16N2O4/c24-14-16-5-4-8-20(13-16)25-21(26)15-29-23(28)19-11-9-18(10-12-19)22(27)17-6-2-1-3-7-17/h1-13H,15H2,(H,25,26). The predicted octanol–water partition coefficient (Wildman–Crippen LogP) is 3.58. The molecule has 29 heavy (non-hydrogen) atoms. The molecule has 0 aromatic heterocycles. The second-order valence-corrected chi connectivity index (χ2v) is 6.09. The molecule has 0 aliphatic heterocycles. The van der Waals surface area contributed by atoms with Crippen molar-refractivity contribution < 1.29 is 19.1 Å². The van der Waals surface area contributed by atoms with Crippen LogP contribution in [-0.2, 0) is 9.53 Å². The lowest BCUT2D eigenvalue weighted by molar-refractivity contribution is -0.119. The summed E-state index contributed by atoms with van der Waals surface area (Å²) in [5.41, 5.74) is 2.08. The van der Waals surface area contributed by atoms with E-state index in [4.69, 9.17) is 10.00 Å². The van der Waals surface area contributed by atoms with Crippen molar-refractivity contribution in [1.82, 2.24) is 0 Å². The molecule has 1 N–H and O–H groups in total. The molecule has 0 unspecified atom stereocenters. The molecule has 0 fully saturated rings. The van der Waals surface area contributed by atoms with Crippen molar-refractivity contribution >= 4 is 23.3 Å². The van der Waals surface area contributed by atoms with Crippen LogP contribution in [0.15, 0.2) is 78.9 Å². The zero-order valence-electron chi connectivity index (χ0n) is 15.3. The van der Waals surface area contributed by atoms with Crippen LogP contribution in [0, 0.1) is 11.3 Å². The summed E-state index contributed by atoms with van der Waals surface area (Å²) < 4.78 is 5.00. The molecule has 0 saturated heterocycles. The van der Waals surface area contributed by atoms with Crippen LogP contribution < -0.4 is 5.32 Å². The second kappa shape index (κ2) is 9.11. The molecule has 1 amide bonds. The first-order chi connectivity index (χ1) is 14.1. The Balaban J connectivity index is 1.56. The molecule has 0 aliphatic rings. The van der Waals surface area contributed by atoms with Gasteiger partial charge in [0.25, 0.3) is 5.91 Å². The summed E-state index contributed by atoms with van der Waals surface area (Å²) in [6.45, 7) is -0.472. The van der Waals surface area contributed by atoms with Crippen molar-refractivity contribution in [2.24, 2.45) is 0 Å². The fraction of sp³-hybridized carbons (Fsp3) is 0.0435. The van der Waals surface area contributed by atoms with Crippen LogP contribution in [0.4, 0.5) is 5.69 Å². The number of benzene rings is 3. The van der Waals surface area contributed by atoms with Gasteiger partial charge in [0.05, 0.1) is 17.2 Å². The Morgan fingerprint density at radius 2 is 1.48 bits per heavy atom. The van der Waals surface area contributed by atoms with Gasteiger partial charge in [-0.3, -0.25) is 9.59 Å². The third-order valence-electron chi connectivity index (χ3n) is 4.03. The Hall–Kier alpha value is -4.24. The van der Waals surface area contributed by atoms with Crippen LogP contribution in [0.2, 0.25) is 0 Å². The van der Waals surface area contributed by atoms with Gasteiger partial charge in [0.2, 0.25) is 0 Å². The van der Waals surface area contributed by atoms with E-state index in [1.165, 1.54) is 18.2 Å². The van der Waals surface area contributed by atoms with E-state index in [0.717, 1.165) is 0 Å². The Morgan fingerprint density at radius 1 is 0.828 bits per heavy atom. The topological polar surface area (TPSA) is 96.3 Å². The minimum atomic E-state index is -0.676. The highest BCUT2D eigenvalue weighted by Crippen LogP contribution is 2.12. The largest absolute Gasteiger partial charge is 0.452 e. The van der Waals surface area contributed by atoms with E-state index >= 15 is 0 Å². The lowest BCUT2D eigenvalue weighted by atomic mass is 10.0. The number of anilines is 1. The fourth-order valence-corrected chi connectivity index (χ4v) is 2.59. The van der Waals surface area contributed by atoms with Gasteiger partial charge in [0.15, 0.2) is 12.4 Å². The molecule has 6 heteroatoms. The normalized spacial score (nSPS) is 9.90. The highest BCUT2D eigenvalue weighted by Gasteiger charge is 2.13. The molecule has 6 nitrogen and oxygen atoms in total. The molecule has 0 bridgehead atoms. The van der Waals surface area contributed by atoms with Crippen molar-refractivity contribution in [3.8, 4) is 6.07 Å². The summed E-state index contributed by atoms with van der Waals surface area (Å²) in [5, 5.41) is 11.4. The van der Waals surface area contributed by atoms with Crippen molar-refractivity contribution in [2.75, 3.05) is 11.9 Å². The van der Waals surface area contributed by atoms with E-state index < -0.39 is 18.5 Å². The minimum absolute atomic E-state index is 0.149. The molecule has 0 aliphatic carbocycles. The maximum absolute atomic E-state index is 12.4. The van der Waals surface area contributed by atoms with Crippen LogP contribution in [0.3, 0.4) is 0 Å². The zero-order chi connectivity index (χ0) is 20.6. The highest BCUT2D eigenvalue weighted by atomic mass is 16.5. The average molecular weight is 384 g/mol. The number of hydrogen-bond acceptors (Lipinski definition) is 5. The number of hydrogen-bond donors (Lipinski definition) is 1. The number of ketones is 1. The van der Waals surface area contributed by atoms with Gasteiger partial charge in [-0.2, -0.15) is 5.26 Å². The van der Waals surface area contributed by atoms with Gasteiger partial charge < -0.3 is 10.1 Å². The van der Waals surface area contributed by atoms with Gasteiger partial charge in [-0.1, -0.05) is 48.5 Å². The Bertz CT molecular complexity index is 1080. The molecule has 3 aromatic rings. The smallest absolute Gasteiger partial charge is 0.338 e. The van der Waals surface area contributed by atoms with E-state index in [0.29, 0.717) is 22.4 Å². The molecule has 0 atom stereocenters. The summed E-state index contributed by atoms with van der Waals surface area (Å²) in [6, 6.07) is 23.2. The summed E-state index contributed by atoms with van der Waals surface area (Å²) >= 11 is 0. The number of amides is 1. The number of carbonyl (C=O) groups excluding carboxylic acids is 3. The van der Waals surface area contributed by atoms with Crippen molar-refractivity contribution in [1.29, 1.82) is 5.26 Å². The van der Waals surface area contributed by atoms with Gasteiger partial charge >= 0.3 is 5.97 Å².